The lowest BCUT2D eigenvalue weighted by atomic mass is 10.1. The normalized spacial score (nSPS) is 12.3. The molecular formula is C16H25NO2. The van der Waals surface area contributed by atoms with E-state index in [1.54, 1.807) is 12.1 Å². The van der Waals surface area contributed by atoms with Crippen LogP contribution in [0, 0.1) is 0 Å². The molecule has 2 N–H and O–H groups in total. The zero-order chi connectivity index (χ0) is 13.9. The van der Waals surface area contributed by atoms with E-state index in [2.05, 4.69) is 18.8 Å². The first-order valence-corrected chi connectivity index (χ1v) is 6.92. The number of phenolic OH excluding ortho intramolecular Hbond substituents is 1. The van der Waals surface area contributed by atoms with Crippen molar-refractivity contribution in [3.8, 4) is 5.75 Å². The van der Waals surface area contributed by atoms with E-state index in [1.165, 1.54) is 5.56 Å². The van der Waals surface area contributed by atoms with Crippen molar-refractivity contribution in [1.29, 1.82) is 0 Å². The highest BCUT2D eigenvalue weighted by Gasteiger charge is 2.02. The van der Waals surface area contributed by atoms with E-state index in [-0.39, 0.29) is 0 Å². The number of nitrogens with one attached hydrogen (secondary N) is 1. The van der Waals surface area contributed by atoms with Crippen molar-refractivity contribution in [3.05, 3.63) is 42.5 Å². The van der Waals surface area contributed by atoms with Crippen LogP contribution in [0.3, 0.4) is 0 Å². The summed E-state index contributed by atoms with van der Waals surface area (Å²) in [6.45, 7) is 8.23. The van der Waals surface area contributed by atoms with Crippen LogP contribution in [0.15, 0.2) is 36.9 Å². The van der Waals surface area contributed by atoms with Gasteiger partial charge in [0.1, 0.15) is 5.75 Å². The highest BCUT2D eigenvalue weighted by Crippen LogP contribution is 2.11. The molecule has 0 saturated carbocycles. The molecule has 0 spiro atoms. The minimum Gasteiger partial charge on any atom is -0.508 e. The summed E-state index contributed by atoms with van der Waals surface area (Å²) in [7, 11) is 0. The van der Waals surface area contributed by atoms with Crippen LogP contribution in [0.1, 0.15) is 25.3 Å². The number of rotatable bonds is 10. The van der Waals surface area contributed by atoms with Gasteiger partial charge < -0.3 is 15.2 Å². The number of ether oxygens (including phenoxy) is 1. The van der Waals surface area contributed by atoms with Crippen LogP contribution < -0.4 is 5.32 Å². The van der Waals surface area contributed by atoms with Gasteiger partial charge in [0.25, 0.3) is 0 Å². The Morgan fingerprint density at radius 3 is 2.74 bits per heavy atom. The molecular weight excluding hydrogens is 238 g/mol. The van der Waals surface area contributed by atoms with E-state index in [9.17, 15) is 5.11 Å². The third kappa shape index (κ3) is 7.65. The van der Waals surface area contributed by atoms with Crippen LogP contribution in [-0.4, -0.2) is 30.9 Å². The van der Waals surface area contributed by atoms with E-state index >= 15 is 0 Å². The maximum Gasteiger partial charge on any atom is 0.115 e. The molecule has 0 aromatic heterocycles. The van der Waals surface area contributed by atoms with Crippen molar-refractivity contribution in [2.24, 2.45) is 0 Å². The number of phenols is 1. The van der Waals surface area contributed by atoms with Crippen molar-refractivity contribution in [1.82, 2.24) is 5.32 Å². The molecule has 0 aliphatic carbocycles. The van der Waals surface area contributed by atoms with Gasteiger partial charge in [-0.1, -0.05) is 18.2 Å². The molecule has 3 heteroatoms. The quantitative estimate of drug-likeness (QED) is 0.504. The van der Waals surface area contributed by atoms with Crippen LogP contribution >= 0.6 is 0 Å². The average molecular weight is 263 g/mol. The Labute approximate surface area is 116 Å². The van der Waals surface area contributed by atoms with Crippen molar-refractivity contribution in [2.75, 3.05) is 19.8 Å². The molecule has 0 radical (unpaired) electrons. The monoisotopic (exact) mass is 263 g/mol. The number of aromatic hydroxyl groups is 1. The Hall–Kier alpha value is -1.32. The number of hydrogen-bond donors (Lipinski definition) is 2. The zero-order valence-electron chi connectivity index (χ0n) is 11.8. The molecule has 19 heavy (non-hydrogen) atoms. The van der Waals surface area contributed by atoms with Gasteiger partial charge >= 0.3 is 0 Å². The first-order chi connectivity index (χ1) is 9.22. The summed E-state index contributed by atoms with van der Waals surface area (Å²) in [4.78, 5) is 0. The Morgan fingerprint density at radius 2 is 2.05 bits per heavy atom. The summed E-state index contributed by atoms with van der Waals surface area (Å²) >= 11 is 0. The van der Waals surface area contributed by atoms with Gasteiger partial charge in [-0.15, -0.1) is 6.58 Å². The Bertz CT molecular complexity index is 348. The van der Waals surface area contributed by atoms with Crippen molar-refractivity contribution in [3.63, 3.8) is 0 Å². The fourth-order valence-corrected chi connectivity index (χ4v) is 1.79. The molecule has 3 nitrogen and oxygen atoms in total. The second kappa shape index (κ2) is 9.59. The van der Waals surface area contributed by atoms with E-state index in [0.717, 1.165) is 39.0 Å². The fourth-order valence-electron chi connectivity index (χ4n) is 1.79. The summed E-state index contributed by atoms with van der Waals surface area (Å²) in [5.41, 5.74) is 1.26. The molecule has 106 valence electrons. The number of hydrogen-bond acceptors (Lipinski definition) is 3. The van der Waals surface area contributed by atoms with Crippen LogP contribution in [0.2, 0.25) is 0 Å². The van der Waals surface area contributed by atoms with Gasteiger partial charge in [-0.25, -0.2) is 0 Å². The smallest absolute Gasteiger partial charge is 0.115 e. The summed E-state index contributed by atoms with van der Waals surface area (Å²) < 4.78 is 5.44. The fraction of sp³-hybridized carbons (Fsp3) is 0.500. The van der Waals surface area contributed by atoms with E-state index in [4.69, 9.17) is 4.74 Å². The van der Waals surface area contributed by atoms with Gasteiger partial charge in [-0.2, -0.15) is 0 Å². The van der Waals surface area contributed by atoms with Crippen LogP contribution in [-0.2, 0) is 11.2 Å². The Morgan fingerprint density at radius 1 is 1.32 bits per heavy atom. The minimum absolute atomic E-state index is 0.326. The molecule has 1 rings (SSSR count). The zero-order valence-corrected chi connectivity index (χ0v) is 11.8. The van der Waals surface area contributed by atoms with E-state index < -0.39 is 0 Å². The third-order valence-electron chi connectivity index (χ3n) is 3.01. The Kier molecular flexibility index (Phi) is 7.94. The summed E-state index contributed by atoms with van der Waals surface area (Å²) in [5, 5.41) is 12.6. The lowest BCUT2D eigenvalue weighted by Crippen LogP contribution is -2.29. The molecule has 1 atom stereocenters. The molecule has 0 heterocycles. The molecule has 1 unspecified atom stereocenters. The maximum atomic E-state index is 9.21. The van der Waals surface area contributed by atoms with Gasteiger partial charge in [0.2, 0.25) is 0 Å². The van der Waals surface area contributed by atoms with Gasteiger partial charge in [-0.05, 0) is 43.9 Å². The van der Waals surface area contributed by atoms with E-state index in [0.29, 0.717) is 11.8 Å². The summed E-state index contributed by atoms with van der Waals surface area (Å²) in [5.74, 6) is 0.326. The largest absolute Gasteiger partial charge is 0.508 e. The predicted molar refractivity (Wildman–Crippen MR) is 79.5 cm³/mol. The van der Waals surface area contributed by atoms with Crippen LogP contribution in [0.5, 0.6) is 5.75 Å². The lowest BCUT2D eigenvalue weighted by Gasteiger charge is -2.13. The lowest BCUT2D eigenvalue weighted by molar-refractivity contribution is 0.138. The minimum atomic E-state index is 0.326. The van der Waals surface area contributed by atoms with Crippen molar-refractivity contribution >= 4 is 0 Å². The van der Waals surface area contributed by atoms with Gasteiger partial charge in [0, 0.05) is 12.6 Å². The third-order valence-corrected chi connectivity index (χ3v) is 3.01. The maximum absolute atomic E-state index is 9.21. The predicted octanol–water partition coefficient (Wildman–Crippen LogP) is 2.90. The molecule has 0 aliphatic heterocycles. The van der Waals surface area contributed by atoms with E-state index in [1.807, 2.05) is 18.2 Å². The van der Waals surface area contributed by atoms with Gasteiger partial charge in [-0.3, -0.25) is 0 Å². The average Bonchev–Trinajstić information content (AvgIpc) is 2.42. The molecule has 0 saturated heterocycles. The van der Waals surface area contributed by atoms with Crippen LogP contribution in [0.25, 0.3) is 0 Å². The second-order valence-electron chi connectivity index (χ2n) is 4.75. The number of benzene rings is 1. The molecule has 0 amide bonds. The van der Waals surface area contributed by atoms with Crippen molar-refractivity contribution in [2.45, 2.75) is 32.2 Å². The molecule has 1 aromatic rings. The standard InChI is InChI=1S/C16H25NO2/c1-3-4-12-19-13-11-17-14(2)5-6-15-7-9-16(18)10-8-15/h3,7-10,14,17-18H,1,4-6,11-13H2,2H3. The molecule has 0 bridgehead atoms. The highest BCUT2D eigenvalue weighted by atomic mass is 16.5. The summed E-state index contributed by atoms with van der Waals surface area (Å²) in [6, 6.07) is 7.89. The first kappa shape index (κ1) is 15.7. The second-order valence-corrected chi connectivity index (χ2v) is 4.75. The number of aryl methyl sites for hydroxylation is 1. The van der Waals surface area contributed by atoms with Gasteiger partial charge in [0.05, 0.1) is 13.2 Å². The van der Waals surface area contributed by atoms with Crippen molar-refractivity contribution < 1.29 is 9.84 Å². The highest BCUT2D eigenvalue weighted by molar-refractivity contribution is 5.25. The van der Waals surface area contributed by atoms with Gasteiger partial charge in [0.15, 0.2) is 0 Å². The molecule has 0 fully saturated rings. The van der Waals surface area contributed by atoms with Crippen LogP contribution in [0.4, 0.5) is 0 Å². The topological polar surface area (TPSA) is 41.5 Å². The first-order valence-electron chi connectivity index (χ1n) is 6.92. The molecule has 0 aliphatic rings. The SMILES string of the molecule is C=CCCOCCNC(C)CCc1ccc(O)cc1. The summed E-state index contributed by atoms with van der Waals surface area (Å²) in [6.07, 6.45) is 4.88. The Balaban J connectivity index is 2.06. The molecule has 1 aromatic carbocycles.